The van der Waals surface area contributed by atoms with Crippen LogP contribution in [-0.2, 0) is 19.5 Å². The van der Waals surface area contributed by atoms with E-state index in [9.17, 15) is 0 Å². The molecule has 2 rings (SSSR count). The number of ether oxygens (including phenoxy) is 1. The molecule has 0 amide bonds. The molecule has 1 heterocycles. The van der Waals surface area contributed by atoms with Crippen LogP contribution in [0.5, 0.6) is 5.75 Å². The molecule has 0 saturated carbocycles. The van der Waals surface area contributed by atoms with Gasteiger partial charge in [-0.1, -0.05) is 26.0 Å². The first-order chi connectivity index (χ1) is 9.81. The first kappa shape index (κ1) is 14.6. The second-order valence-corrected chi connectivity index (χ2v) is 4.67. The van der Waals surface area contributed by atoms with E-state index < -0.39 is 0 Å². The van der Waals surface area contributed by atoms with Crippen LogP contribution in [-0.4, -0.2) is 11.6 Å². The zero-order valence-corrected chi connectivity index (χ0v) is 12.2. The number of nitrogens with one attached hydrogen (secondary N) is 1. The Hall–Kier alpha value is -1.81. The molecular formula is C16H22N2O2. The first-order valence-electron chi connectivity index (χ1n) is 7.17. The third kappa shape index (κ3) is 4.38. The molecule has 0 saturated heterocycles. The molecule has 4 heteroatoms. The van der Waals surface area contributed by atoms with Crippen LogP contribution in [0.2, 0.25) is 0 Å². The zero-order chi connectivity index (χ0) is 14.2. The summed E-state index contributed by atoms with van der Waals surface area (Å²) >= 11 is 0. The molecule has 1 N–H and O–H groups in total. The third-order valence-corrected chi connectivity index (χ3v) is 2.93. The van der Waals surface area contributed by atoms with Gasteiger partial charge in [0.1, 0.15) is 11.5 Å². The number of benzene rings is 1. The van der Waals surface area contributed by atoms with Crippen molar-refractivity contribution in [1.29, 1.82) is 0 Å². The van der Waals surface area contributed by atoms with Gasteiger partial charge in [-0.25, -0.2) is 4.98 Å². The van der Waals surface area contributed by atoms with Crippen molar-refractivity contribution in [3.63, 3.8) is 0 Å². The quantitative estimate of drug-likeness (QED) is 0.802. The van der Waals surface area contributed by atoms with Gasteiger partial charge >= 0.3 is 0 Å². The summed E-state index contributed by atoms with van der Waals surface area (Å²) in [5.74, 6) is 2.59. The van der Waals surface area contributed by atoms with Crippen LogP contribution < -0.4 is 10.1 Å². The number of aryl methyl sites for hydroxylation is 1. The maximum Gasteiger partial charge on any atom is 0.208 e. The van der Waals surface area contributed by atoms with Gasteiger partial charge in [0.25, 0.3) is 0 Å². The van der Waals surface area contributed by atoms with Gasteiger partial charge in [0.05, 0.1) is 19.3 Å². The van der Waals surface area contributed by atoms with Crippen molar-refractivity contribution in [2.75, 3.05) is 6.61 Å². The number of hydrogen-bond acceptors (Lipinski definition) is 4. The smallest absolute Gasteiger partial charge is 0.208 e. The fourth-order valence-corrected chi connectivity index (χ4v) is 1.87. The third-order valence-electron chi connectivity index (χ3n) is 2.93. The molecule has 0 aliphatic rings. The summed E-state index contributed by atoms with van der Waals surface area (Å²) < 4.78 is 11.2. The van der Waals surface area contributed by atoms with E-state index in [1.807, 2.05) is 12.1 Å². The summed E-state index contributed by atoms with van der Waals surface area (Å²) in [6, 6.07) is 8.15. The number of aromatic nitrogens is 1. The highest BCUT2D eigenvalue weighted by Crippen LogP contribution is 2.13. The summed E-state index contributed by atoms with van der Waals surface area (Å²) in [5.41, 5.74) is 1.20. The van der Waals surface area contributed by atoms with E-state index in [1.165, 1.54) is 5.56 Å². The topological polar surface area (TPSA) is 47.3 Å². The van der Waals surface area contributed by atoms with Crippen LogP contribution in [0.4, 0.5) is 0 Å². The Morgan fingerprint density at radius 3 is 2.90 bits per heavy atom. The van der Waals surface area contributed by atoms with Crippen molar-refractivity contribution < 1.29 is 9.15 Å². The average molecular weight is 274 g/mol. The Bertz CT molecular complexity index is 523. The summed E-state index contributed by atoms with van der Waals surface area (Å²) in [4.78, 5) is 4.22. The highest BCUT2D eigenvalue weighted by Gasteiger charge is 2.02. The standard InChI is InChI=1S/C16H22N2O2/c1-3-8-19-15-7-5-6-13(9-15)10-17-12-16-18-11-14(4-2)20-16/h5-7,9,11,17H,3-4,8,10,12H2,1-2H3. The molecule has 1 aromatic heterocycles. The molecule has 4 nitrogen and oxygen atoms in total. The Labute approximate surface area is 120 Å². The minimum atomic E-state index is 0.639. The Balaban J connectivity index is 1.81. The Kier molecular flexibility index (Phi) is 5.62. The minimum Gasteiger partial charge on any atom is -0.494 e. The monoisotopic (exact) mass is 274 g/mol. The van der Waals surface area contributed by atoms with E-state index in [1.54, 1.807) is 6.20 Å². The van der Waals surface area contributed by atoms with Gasteiger partial charge in [0, 0.05) is 13.0 Å². The molecular weight excluding hydrogens is 252 g/mol. The van der Waals surface area contributed by atoms with Gasteiger partial charge in [-0.05, 0) is 24.1 Å². The number of rotatable bonds is 8. The van der Waals surface area contributed by atoms with Crippen molar-refractivity contribution in [2.45, 2.75) is 39.8 Å². The molecule has 0 spiro atoms. The van der Waals surface area contributed by atoms with Gasteiger partial charge in [0.2, 0.25) is 5.89 Å². The van der Waals surface area contributed by atoms with Gasteiger partial charge in [-0.2, -0.15) is 0 Å². The van der Waals surface area contributed by atoms with Crippen molar-refractivity contribution in [1.82, 2.24) is 10.3 Å². The molecule has 0 atom stereocenters. The second-order valence-electron chi connectivity index (χ2n) is 4.67. The van der Waals surface area contributed by atoms with E-state index >= 15 is 0 Å². The van der Waals surface area contributed by atoms with E-state index in [-0.39, 0.29) is 0 Å². The summed E-state index contributed by atoms with van der Waals surface area (Å²) in [6.07, 6.45) is 3.69. The summed E-state index contributed by atoms with van der Waals surface area (Å²) in [7, 11) is 0. The van der Waals surface area contributed by atoms with E-state index in [2.05, 4.69) is 36.3 Å². The van der Waals surface area contributed by atoms with E-state index in [0.29, 0.717) is 6.54 Å². The van der Waals surface area contributed by atoms with Crippen molar-refractivity contribution in [3.8, 4) is 5.75 Å². The van der Waals surface area contributed by atoms with Crippen LogP contribution >= 0.6 is 0 Å². The van der Waals surface area contributed by atoms with Crippen molar-refractivity contribution in [3.05, 3.63) is 47.7 Å². The molecule has 20 heavy (non-hydrogen) atoms. The highest BCUT2D eigenvalue weighted by atomic mass is 16.5. The van der Waals surface area contributed by atoms with Crippen LogP contribution in [0.25, 0.3) is 0 Å². The maximum atomic E-state index is 5.62. The SMILES string of the molecule is CCCOc1cccc(CNCc2ncc(CC)o2)c1. The number of oxazole rings is 1. The fraction of sp³-hybridized carbons (Fsp3) is 0.438. The summed E-state index contributed by atoms with van der Waals surface area (Å²) in [6.45, 7) is 6.33. The lowest BCUT2D eigenvalue weighted by Gasteiger charge is -2.07. The number of nitrogens with zero attached hydrogens (tertiary/aromatic N) is 1. The molecule has 0 radical (unpaired) electrons. The van der Waals surface area contributed by atoms with E-state index in [4.69, 9.17) is 9.15 Å². The molecule has 1 aromatic carbocycles. The van der Waals surface area contributed by atoms with Crippen molar-refractivity contribution in [2.24, 2.45) is 0 Å². The Morgan fingerprint density at radius 1 is 1.25 bits per heavy atom. The van der Waals surface area contributed by atoms with Gasteiger partial charge in [-0.15, -0.1) is 0 Å². The second kappa shape index (κ2) is 7.70. The van der Waals surface area contributed by atoms with Gasteiger partial charge in [-0.3, -0.25) is 0 Å². The molecule has 0 aliphatic heterocycles. The Morgan fingerprint density at radius 2 is 2.15 bits per heavy atom. The largest absolute Gasteiger partial charge is 0.494 e. The molecule has 0 unspecified atom stereocenters. The average Bonchev–Trinajstić information content (AvgIpc) is 2.93. The maximum absolute atomic E-state index is 5.62. The predicted molar refractivity (Wildman–Crippen MR) is 78.7 cm³/mol. The molecule has 108 valence electrons. The zero-order valence-electron chi connectivity index (χ0n) is 12.2. The highest BCUT2D eigenvalue weighted by molar-refractivity contribution is 5.28. The van der Waals surface area contributed by atoms with Gasteiger partial charge < -0.3 is 14.5 Å². The first-order valence-corrected chi connectivity index (χ1v) is 7.17. The molecule has 2 aromatic rings. The molecule has 0 aliphatic carbocycles. The lowest BCUT2D eigenvalue weighted by molar-refractivity contribution is 0.317. The molecule has 0 fully saturated rings. The van der Waals surface area contributed by atoms with Crippen LogP contribution in [0.3, 0.4) is 0 Å². The van der Waals surface area contributed by atoms with Gasteiger partial charge in [0.15, 0.2) is 0 Å². The lowest BCUT2D eigenvalue weighted by atomic mass is 10.2. The minimum absolute atomic E-state index is 0.639. The van der Waals surface area contributed by atoms with Crippen LogP contribution in [0.1, 0.15) is 37.5 Å². The lowest BCUT2D eigenvalue weighted by Crippen LogP contribution is -2.12. The van der Waals surface area contributed by atoms with Crippen LogP contribution in [0, 0.1) is 0 Å². The van der Waals surface area contributed by atoms with Crippen molar-refractivity contribution >= 4 is 0 Å². The predicted octanol–water partition coefficient (Wildman–Crippen LogP) is 3.32. The van der Waals surface area contributed by atoms with E-state index in [0.717, 1.165) is 43.4 Å². The fourth-order valence-electron chi connectivity index (χ4n) is 1.87. The summed E-state index contributed by atoms with van der Waals surface area (Å²) in [5, 5.41) is 3.33. The number of hydrogen-bond donors (Lipinski definition) is 1. The van der Waals surface area contributed by atoms with Crippen LogP contribution in [0.15, 0.2) is 34.9 Å². The normalized spacial score (nSPS) is 10.7. The molecule has 0 bridgehead atoms.